The van der Waals surface area contributed by atoms with Crippen molar-refractivity contribution in [3.63, 3.8) is 0 Å². The highest BCUT2D eigenvalue weighted by atomic mass is 16.4. The molecule has 0 spiro atoms. The van der Waals surface area contributed by atoms with E-state index in [0.717, 1.165) is 25.1 Å². The van der Waals surface area contributed by atoms with Crippen LogP contribution in [0.25, 0.3) is 0 Å². The first-order chi connectivity index (χ1) is 8.55. The predicted octanol–water partition coefficient (Wildman–Crippen LogP) is 2.08. The van der Waals surface area contributed by atoms with Crippen LogP contribution in [0.15, 0.2) is 24.3 Å². The van der Waals surface area contributed by atoms with Crippen LogP contribution in [0.3, 0.4) is 0 Å². The van der Waals surface area contributed by atoms with Gasteiger partial charge in [-0.2, -0.15) is 0 Å². The molecular weight excluding hydrogens is 230 g/mol. The first kappa shape index (κ1) is 12.9. The molecule has 2 N–H and O–H groups in total. The van der Waals surface area contributed by atoms with Crippen LogP contribution in [0, 0.1) is 5.41 Å². The Morgan fingerprint density at radius 2 is 2.06 bits per heavy atom. The molecule has 98 valence electrons. The van der Waals surface area contributed by atoms with E-state index in [0.29, 0.717) is 13.0 Å². The lowest BCUT2D eigenvalue weighted by Gasteiger charge is -2.23. The Labute approximate surface area is 107 Å². The summed E-state index contributed by atoms with van der Waals surface area (Å²) >= 11 is 0. The van der Waals surface area contributed by atoms with Crippen LogP contribution < -0.4 is 0 Å². The average Bonchev–Trinajstić information content (AvgIpc) is 2.77. The number of benzene rings is 1. The van der Waals surface area contributed by atoms with Gasteiger partial charge in [-0.25, -0.2) is 0 Å². The van der Waals surface area contributed by atoms with Gasteiger partial charge in [-0.3, -0.25) is 9.69 Å². The van der Waals surface area contributed by atoms with E-state index in [1.807, 2.05) is 19.1 Å². The molecule has 0 amide bonds. The van der Waals surface area contributed by atoms with Gasteiger partial charge in [0.2, 0.25) is 0 Å². The zero-order valence-corrected chi connectivity index (χ0v) is 10.6. The molecule has 0 saturated carbocycles. The number of phenolic OH excluding ortho intramolecular Hbond substituents is 1. The molecule has 1 aliphatic rings. The van der Waals surface area contributed by atoms with Gasteiger partial charge in [0.1, 0.15) is 5.75 Å². The Kier molecular flexibility index (Phi) is 3.57. The summed E-state index contributed by atoms with van der Waals surface area (Å²) in [6.07, 6.45) is 1.39. The number of phenols is 1. The summed E-state index contributed by atoms with van der Waals surface area (Å²) < 4.78 is 0. The Morgan fingerprint density at radius 3 is 2.56 bits per heavy atom. The summed E-state index contributed by atoms with van der Waals surface area (Å²) in [6, 6.07) is 7.08. The topological polar surface area (TPSA) is 60.8 Å². The Hall–Kier alpha value is -1.55. The minimum atomic E-state index is -0.682. The Bertz CT molecular complexity index is 429. The third-order valence-electron chi connectivity index (χ3n) is 3.91. The maximum absolute atomic E-state index is 11.3. The van der Waals surface area contributed by atoms with Crippen LogP contribution in [-0.4, -0.2) is 34.2 Å². The standard InChI is InChI=1S/C14H19NO3/c1-2-14(13(17)18)7-8-15(10-14)9-11-3-5-12(16)6-4-11/h3-6,16H,2,7-10H2,1H3,(H,17,18). The fraction of sp³-hybridized carbons (Fsp3) is 0.500. The summed E-state index contributed by atoms with van der Waals surface area (Å²) in [5, 5.41) is 18.5. The van der Waals surface area contributed by atoms with Crippen molar-refractivity contribution in [1.29, 1.82) is 0 Å². The Balaban J connectivity index is 2.01. The second kappa shape index (κ2) is 4.98. The molecular formula is C14H19NO3. The highest BCUT2D eigenvalue weighted by Gasteiger charge is 2.42. The highest BCUT2D eigenvalue weighted by molar-refractivity contribution is 5.75. The maximum Gasteiger partial charge on any atom is 0.310 e. The van der Waals surface area contributed by atoms with Crippen LogP contribution in [0.2, 0.25) is 0 Å². The third-order valence-corrected chi connectivity index (χ3v) is 3.91. The lowest BCUT2D eigenvalue weighted by atomic mass is 9.84. The summed E-state index contributed by atoms with van der Waals surface area (Å²) in [6.45, 7) is 4.12. The normalized spacial score (nSPS) is 24.3. The van der Waals surface area contributed by atoms with E-state index < -0.39 is 11.4 Å². The van der Waals surface area contributed by atoms with Gasteiger partial charge in [0, 0.05) is 13.1 Å². The SMILES string of the molecule is CCC1(C(=O)O)CCN(Cc2ccc(O)cc2)C1. The van der Waals surface area contributed by atoms with Gasteiger partial charge in [0.05, 0.1) is 5.41 Å². The van der Waals surface area contributed by atoms with Crippen molar-refractivity contribution in [3.8, 4) is 5.75 Å². The molecule has 0 aromatic heterocycles. The van der Waals surface area contributed by atoms with Crippen molar-refractivity contribution in [2.75, 3.05) is 13.1 Å². The molecule has 4 heteroatoms. The van der Waals surface area contributed by atoms with E-state index in [-0.39, 0.29) is 5.75 Å². The van der Waals surface area contributed by atoms with Gasteiger partial charge in [0.25, 0.3) is 0 Å². The van der Waals surface area contributed by atoms with Crippen LogP contribution in [0.1, 0.15) is 25.3 Å². The van der Waals surface area contributed by atoms with E-state index in [9.17, 15) is 15.0 Å². The van der Waals surface area contributed by atoms with Crippen molar-refractivity contribution in [3.05, 3.63) is 29.8 Å². The minimum Gasteiger partial charge on any atom is -0.508 e. The lowest BCUT2D eigenvalue weighted by Crippen LogP contribution is -2.33. The van der Waals surface area contributed by atoms with Crippen LogP contribution in [-0.2, 0) is 11.3 Å². The van der Waals surface area contributed by atoms with Gasteiger partial charge >= 0.3 is 5.97 Å². The van der Waals surface area contributed by atoms with E-state index in [4.69, 9.17) is 0 Å². The smallest absolute Gasteiger partial charge is 0.310 e. The summed E-state index contributed by atoms with van der Waals surface area (Å²) in [4.78, 5) is 13.5. The molecule has 1 unspecified atom stereocenters. The molecule has 18 heavy (non-hydrogen) atoms. The van der Waals surface area contributed by atoms with E-state index >= 15 is 0 Å². The van der Waals surface area contributed by atoms with Gasteiger partial charge in [-0.15, -0.1) is 0 Å². The monoisotopic (exact) mass is 249 g/mol. The average molecular weight is 249 g/mol. The first-order valence-electron chi connectivity index (χ1n) is 6.29. The number of rotatable bonds is 4. The molecule has 1 atom stereocenters. The van der Waals surface area contributed by atoms with Crippen molar-refractivity contribution in [2.45, 2.75) is 26.3 Å². The second-order valence-electron chi connectivity index (χ2n) is 5.07. The summed E-state index contributed by atoms with van der Waals surface area (Å²) in [5.41, 5.74) is 0.529. The molecule has 0 radical (unpaired) electrons. The van der Waals surface area contributed by atoms with E-state index in [2.05, 4.69) is 4.90 Å². The number of nitrogens with zero attached hydrogens (tertiary/aromatic N) is 1. The van der Waals surface area contributed by atoms with E-state index in [1.54, 1.807) is 12.1 Å². The Morgan fingerprint density at radius 1 is 1.39 bits per heavy atom. The number of aromatic hydroxyl groups is 1. The molecule has 1 heterocycles. The van der Waals surface area contributed by atoms with Crippen molar-refractivity contribution >= 4 is 5.97 Å². The molecule has 1 aliphatic heterocycles. The molecule has 0 bridgehead atoms. The zero-order valence-electron chi connectivity index (χ0n) is 10.6. The van der Waals surface area contributed by atoms with Crippen molar-refractivity contribution in [2.24, 2.45) is 5.41 Å². The predicted molar refractivity (Wildman–Crippen MR) is 68.4 cm³/mol. The fourth-order valence-corrected chi connectivity index (χ4v) is 2.57. The molecule has 0 aliphatic carbocycles. The second-order valence-corrected chi connectivity index (χ2v) is 5.07. The molecule has 1 fully saturated rings. The van der Waals surface area contributed by atoms with Crippen LogP contribution in [0.4, 0.5) is 0 Å². The molecule has 1 saturated heterocycles. The summed E-state index contributed by atoms with van der Waals surface area (Å²) in [5.74, 6) is -0.424. The number of hydrogen-bond acceptors (Lipinski definition) is 3. The zero-order chi connectivity index (χ0) is 13.2. The van der Waals surface area contributed by atoms with Gasteiger partial charge in [-0.1, -0.05) is 19.1 Å². The number of aliphatic carboxylic acids is 1. The number of carbonyl (C=O) groups is 1. The largest absolute Gasteiger partial charge is 0.508 e. The number of carboxylic acids is 1. The van der Waals surface area contributed by atoms with E-state index in [1.165, 1.54) is 0 Å². The summed E-state index contributed by atoms with van der Waals surface area (Å²) in [7, 11) is 0. The van der Waals surface area contributed by atoms with Crippen molar-refractivity contribution < 1.29 is 15.0 Å². The van der Waals surface area contributed by atoms with Gasteiger partial charge in [0.15, 0.2) is 0 Å². The highest BCUT2D eigenvalue weighted by Crippen LogP contribution is 2.34. The third kappa shape index (κ3) is 2.48. The van der Waals surface area contributed by atoms with Crippen LogP contribution >= 0.6 is 0 Å². The molecule has 4 nitrogen and oxygen atoms in total. The lowest BCUT2D eigenvalue weighted by molar-refractivity contribution is -0.148. The molecule has 1 aromatic rings. The molecule has 1 aromatic carbocycles. The van der Waals surface area contributed by atoms with Gasteiger partial charge in [-0.05, 0) is 37.1 Å². The number of likely N-dealkylation sites (tertiary alicyclic amines) is 1. The van der Waals surface area contributed by atoms with Gasteiger partial charge < -0.3 is 10.2 Å². The quantitative estimate of drug-likeness (QED) is 0.857. The fourth-order valence-electron chi connectivity index (χ4n) is 2.57. The van der Waals surface area contributed by atoms with Crippen LogP contribution in [0.5, 0.6) is 5.75 Å². The first-order valence-corrected chi connectivity index (χ1v) is 6.29. The minimum absolute atomic E-state index is 0.258. The number of hydrogen-bond donors (Lipinski definition) is 2. The maximum atomic E-state index is 11.3. The number of carboxylic acid groups (broad SMARTS) is 1. The van der Waals surface area contributed by atoms with Crippen molar-refractivity contribution in [1.82, 2.24) is 4.90 Å². The molecule has 2 rings (SSSR count).